The minimum atomic E-state index is -3.75. The van der Waals surface area contributed by atoms with E-state index in [1.165, 1.54) is 0 Å². The maximum Gasteiger partial charge on any atom is 0.263 e. The predicted octanol–water partition coefficient (Wildman–Crippen LogP) is 2.50. The van der Waals surface area contributed by atoms with Gasteiger partial charge in [-0.25, -0.2) is 8.42 Å². The number of rotatable bonds is 5. The van der Waals surface area contributed by atoms with Crippen molar-refractivity contribution in [3.05, 3.63) is 35.4 Å². The summed E-state index contributed by atoms with van der Waals surface area (Å²) in [6.07, 6.45) is 2.29. The highest BCUT2D eigenvalue weighted by atomic mass is 32.2. The molecule has 134 valence electrons. The molecule has 1 fully saturated rings. The number of aryl methyl sites for hydroxylation is 2. The summed E-state index contributed by atoms with van der Waals surface area (Å²) in [6.45, 7) is 5.47. The van der Waals surface area contributed by atoms with E-state index in [9.17, 15) is 8.42 Å². The molecule has 1 aliphatic rings. The molecule has 25 heavy (non-hydrogen) atoms. The summed E-state index contributed by atoms with van der Waals surface area (Å²) in [5.41, 5.74) is 1.36. The summed E-state index contributed by atoms with van der Waals surface area (Å²) in [4.78, 5) is 2.35. The first kappa shape index (κ1) is 17.5. The molecular weight excluding hydrogens is 340 g/mol. The fraction of sp³-hybridized carbons (Fsp3) is 0.412. The Labute approximate surface area is 148 Å². The lowest BCUT2D eigenvalue weighted by molar-refractivity contribution is 0.411. The van der Waals surface area contributed by atoms with Crippen LogP contribution in [-0.2, 0) is 10.0 Å². The minimum absolute atomic E-state index is 0.204. The standard InChI is InChI=1S/C17H22N4O3S/c1-12-11-15(13(2)10-14(12)24-3)25(22,23)20-16-6-7-17(19-18-16)21-8-4-5-9-21/h6-7,10-11H,4-5,8-9H2,1-3H3,(H,18,20). The van der Waals surface area contributed by atoms with Crippen molar-refractivity contribution >= 4 is 21.7 Å². The number of methoxy groups -OCH3 is 1. The summed E-state index contributed by atoms with van der Waals surface area (Å²) in [7, 11) is -2.18. The smallest absolute Gasteiger partial charge is 0.263 e. The van der Waals surface area contributed by atoms with E-state index in [0.29, 0.717) is 11.3 Å². The van der Waals surface area contributed by atoms with E-state index in [0.717, 1.165) is 37.3 Å². The third kappa shape index (κ3) is 3.68. The van der Waals surface area contributed by atoms with Crippen molar-refractivity contribution in [1.82, 2.24) is 10.2 Å². The molecule has 0 bridgehead atoms. The van der Waals surface area contributed by atoms with Crippen molar-refractivity contribution < 1.29 is 13.2 Å². The minimum Gasteiger partial charge on any atom is -0.496 e. The largest absolute Gasteiger partial charge is 0.496 e. The Bertz CT molecular complexity index is 860. The maximum atomic E-state index is 12.7. The summed E-state index contributed by atoms with van der Waals surface area (Å²) in [5.74, 6) is 1.64. The van der Waals surface area contributed by atoms with Crippen LogP contribution in [0.25, 0.3) is 0 Å². The molecule has 1 saturated heterocycles. The van der Waals surface area contributed by atoms with Crippen molar-refractivity contribution in [3.63, 3.8) is 0 Å². The molecule has 0 amide bonds. The second kappa shape index (κ2) is 6.87. The zero-order valence-corrected chi connectivity index (χ0v) is 15.4. The lowest BCUT2D eigenvalue weighted by Gasteiger charge is -2.16. The molecule has 2 aromatic rings. The van der Waals surface area contributed by atoms with E-state index < -0.39 is 10.0 Å². The summed E-state index contributed by atoms with van der Waals surface area (Å²) in [5, 5.41) is 8.15. The van der Waals surface area contributed by atoms with Gasteiger partial charge in [0.2, 0.25) is 0 Å². The van der Waals surface area contributed by atoms with E-state index in [4.69, 9.17) is 4.74 Å². The number of sulfonamides is 1. The van der Waals surface area contributed by atoms with Gasteiger partial charge in [0.25, 0.3) is 10.0 Å². The summed E-state index contributed by atoms with van der Waals surface area (Å²) >= 11 is 0. The van der Waals surface area contributed by atoms with Crippen LogP contribution in [0.5, 0.6) is 5.75 Å². The van der Waals surface area contributed by atoms with Gasteiger partial charge in [-0.15, -0.1) is 10.2 Å². The molecule has 1 aliphatic heterocycles. The second-order valence-corrected chi connectivity index (χ2v) is 7.81. The van der Waals surface area contributed by atoms with Gasteiger partial charge in [-0.05, 0) is 62.1 Å². The molecule has 0 radical (unpaired) electrons. The van der Waals surface area contributed by atoms with Crippen molar-refractivity contribution in [2.24, 2.45) is 0 Å². The van der Waals surface area contributed by atoms with E-state index in [1.807, 2.05) is 6.92 Å². The SMILES string of the molecule is COc1cc(C)c(S(=O)(=O)Nc2ccc(N3CCCC3)nn2)cc1C. The van der Waals surface area contributed by atoms with E-state index >= 15 is 0 Å². The van der Waals surface area contributed by atoms with Crippen molar-refractivity contribution in [2.45, 2.75) is 31.6 Å². The number of nitrogens with one attached hydrogen (secondary N) is 1. The number of ether oxygens (including phenoxy) is 1. The summed E-state index contributed by atoms with van der Waals surface area (Å²) in [6, 6.07) is 6.75. The van der Waals surface area contributed by atoms with Gasteiger partial charge in [0.15, 0.2) is 11.6 Å². The molecule has 8 heteroatoms. The van der Waals surface area contributed by atoms with Gasteiger partial charge >= 0.3 is 0 Å². The first-order valence-corrected chi connectivity index (χ1v) is 9.66. The Morgan fingerprint density at radius 2 is 1.80 bits per heavy atom. The van der Waals surface area contributed by atoms with Gasteiger partial charge in [0, 0.05) is 13.1 Å². The number of anilines is 2. The normalized spacial score (nSPS) is 14.6. The summed E-state index contributed by atoms with van der Waals surface area (Å²) < 4.78 is 33.1. The average molecular weight is 362 g/mol. The van der Waals surface area contributed by atoms with Crippen LogP contribution in [0.15, 0.2) is 29.2 Å². The molecule has 7 nitrogen and oxygen atoms in total. The molecule has 0 aliphatic carbocycles. The van der Waals surface area contributed by atoms with Crippen molar-refractivity contribution in [3.8, 4) is 5.75 Å². The van der Waals surface area contributed by atoms with Gasteiger partial charge in [-0.1, -0.05) is 0 Å². The Hall–Kier alpha value is -2.35. The Kier molecular flexibility index (Phi) is 4.80. The molecule has 0 spiro atoms. The van der Waals surface area contributed by atoms with Crippen molar-refractivity contribution in [2.75, 3.05) is 29.8 Å². The van der Waals surface area contributed by atoms with Crippen LogP contribution >= 0.6 is 0 Å². The second-order valence-electron chi connectivity index (χ2n) is 6.16. The van der Waals surface area contributed by atoms with Crippen molar-refractivity contribution in [1.29, 1.82) is 0 Å². The lowest BCUT2D eigenvalue weighted by Crippen LogP contribution is -2.20. The Morgan fingerprint density at radius 1 is 1.08 bits per heavy atom. The molecule has 3 rings (SSSR count). The van der Waals surface area contributed by atoms with Gasteiger partial charge in [-0.3, -0.25) is 4.72 Å². The highest BCUT2D eigenvalue weighted by Gasteiger charge is 2.20. The number of nitrogens with zero attached hydrogens (tertiary/aromatic N) is 3. The average Bonchev–Trinajstić information content (AvgIpc) is 3.11. The third-order valence-corrected chi connectivity index (χ3v) is 5.80. The molecule has 1 aromatic heterocycles. The van der Waals surface area contributed by atoms with Crippen LogP contribution in [0.4, 0.5) is 11.6 Å². The lowest BCUT2D eigenvalue weighted by atomic mass is 10.1. The molecule has 1 N–H and O–H groups in total. The Morgan fingerprint density at radius 3 is 2.40 bits per heavy atom. The van der Waals surface area contributed by atoms with Gasteiger partial charge in [-0.2, -0.15) is 0 Å². The van der Waals surface area contributed by atoms with E-state index in [1.54, 1.807) is 38.3 Å². The molecule has 0 atom stereocenters. The monoisotopic (exact) mass is 362 g/mol. The predicted molar refractivity (Wildman–Crippen MR) is 96.8 cm³/mol. The Balaban J connectivity index is 1.83. The van der Waals surface area contributed by atoms with Crippen LogP contribution in [0.3, 0.4) is 0 Å². The maximum absolute atomic E-state index is 12.7. The molecule has 2 heterocycles. The quantitative estimate of drug-likeness (QED) is 0.880. The first-order chi connectivity index (χ1) is 11.9. The number of aromatic nitrogens is 2. The van der Waals surface area contributed by atoms with Crippen LogP contribution in [-0.4, -0.2) is 38.8 Å². The van der Waals surface area contributed by atoms with Crippen LogP contribution in [0.2, 0.25) is 0 Å². The first-order valence-electron chi connectivity index (χ1n) is 8.17. The molecular formula is C17H22N4O3S. The van der Waals surface area contributed by atoms with Crippen LogP contribution < -0.4 is 14.4 Å². The molecule has 0 unspecified atom stereocenters. The van der Waals surface area contributed by atoms with E-state index in [-0.39, 0.29) is 10.7 Å². The zero-order valence-electron chi connectivity index (χ0n) is 14.6. The van der Waals surface area contributed by atoms with Crippen LogP contribution in [0.1, 0.15) is 24.0 Å². The molecule has 1 aromatic carbocycles. The van der Waals surface area contributed by atoms with Gasteiger partial charge < -0.3 is 9.64 Å². The van der Waals surface area contributed by atoms with E-state index in [2.05, 4.69) is 19.8 Å². The van der Waals surface area contributed by atoms with Crippen LogP contribution in [0, 0.1) is 13.8 Å². The van der Waals surface area contributed by atoms with Gasteiger partial charge in [0.05, 0.1) is 12.0 Å². The number of hydrogen-bond acceptors (Lipinski definition) is 6. The van der Waals surface area contributed by atoms with Gasteiger partial charge in [0.1, 0.15) is 5.75 Å². The fourth-order valence-corrected chi connectivity index (χ4v) is 4.27. The third-order valence-electron chi connectivity index (χ3n) is 4.30. The highest BCUT2D eigenvalue weighted by Crippen LogP contribution is 2.27. The zero-order chi connectivity index (χ0) is 18.0. The molecule has 0 saturated carbocycles. The highest BCUT2D eigenvalue weighted by molar-refractivity contribution is 7.92. The number of benzene rings is 1. The number of hydrogen-bond donors (Lipinski definition) is 1. The fourth-order valence-electron chi connectivity index (χ4n) is 2.96. The topological polar surface area (TPSA) is 84.4 Å².